The molecule has 7 heteroatoms. The Morgan fingerprint density at radius 3 is 3.03 bits per heavy atom. The molecule has 1 amide bonds. The molecule has 3 heterocycles. The number of anilines is 2. The average molecular weight is 403 g/mol. The zero-order chi connectivity index (χ0) is 20.7. The van der Waals surface area contributed by atoms with E-state index in [4.69, 9.17) is 14.7 Å². The van der Waals surface area contributed by atoms with Gasteiger partial charge in [0.25, 0.3) is 0 Å². The van der Waals surface area contributed by atoms with E-state index < -0.39 is 0 Å². The first-order valence-electron chi connectivity index (χ1n) is 10.4. The number of hydrogen-bond acceptors (Lipinski definition) is 5. The van der Waals surface area contributed by atoms with Crippen molar-refractivity contribution in [1.82, 2.24) is 14.5 Å². The van der Waals surface area contributed by atoms with Crippen molar-refractivity contribution in [2.45, 2.75) is 32.8 Å². The number of ether oxygens (including phenoxy) is 1. The Morgan fingerprint density at radius 2 is 2.23 bits per heavy atom. The second-order valence-corrected chi connectivity index (χ2v) is 7.98. The average Bonchev–Trinajstić information content (AvgIpc) is 3.52. The Kier molecular flexibility index (Phi) is 4.75. The first-order valence-corrected chi connectivity index (χ1v) is 10.4. The summed E-state index contributed by atoms with van der Waals surface area (Å²) in [5, 5.41) is 7.37. The van der Waals surface area contributed by atoms with Gasteiger partial charge >= 0.3 is 0 Å². The molecule has 2 aromatic heterocycles. The number of aromatic nitrogens is 3. The minimum Gasteiger partial charge on any atom is -0.376 e. The molecular formula is C23H25N5O2. The summed E-state index contributed by atoms with van der Waals surface area (Å²) in [5.74, 6) is 2.03. The van der Waals surface area contributed by atoms with Crippen molar-refractivity contribution >= 4 is 28.3 Å². The molecule has 1 saturated carbocycles. The number of nitrogens with one attached hydrogen (secondary N) is 2. The fraction of sp³-hybridized carbons (Fsp3) is 0.348. The lowest BCUT2D eigenvalue weighted by Gasteiger charge is -2.21. The molecular weight excluding hydrogens is 378 g/mol. The third-order valence-electron chi connectivity index (χ3n) is 5.74. The fourth-order valence-corrected chi connectivity index (χ4v) is 3.95. The van der Waals surface area contributed by atoms with E-state index in [1.54, 1.807) is 0 Å². The minimum atomic E-state index is -0.232. The zero-order valence-electron chi connectivity index (χ0n) is 17.1. The topological polar surface area (TPSA) is 81.1 Å². The SMILES string of the molecule is C=CC(=O)Nc1cccc2c1cc(C)n2-c1nc2c(c(NCC3CC3)n1)COCC2. The Morgan fingerprint density at radius 1 is 1.37 bits per heavy atom. The standard InChI is InChI=1S/C23H25N5O2/c1-3-21(29)25-18-5-4-6-20-16(18)11-14(2)28(20)23-26-19-9-10-30-13-17(19)22(27-23)24-12-15-7-8-15/h3-6,11,15H,1,7-10,12-13H2,2H3,(H,25,29)(H,24,26,27). The van der Waals surface area contributed by atoms with Crippen LogP contribution in [0.4, 0.5) is 11.5 Å². The van der Waals surface area contributed by atoms with Gasteiger partial charge in [-0.05, 0) is 50.0 Å². The highest BCUT2D eigenvalue weighted by molar-refractivity contribution is 6.05. The van der Waals surface area contributed by atoms with E-state index in [1.165, 1.54) is 18.9 Å². The first kappa shape index (κ1) is 18.8. The third kappa shape index (κ3) is 3.45. The van der Waals surface area contributed by atoms with Crippen LogP contribution in [0.5, 0.6) is 0 Å². The number of aryl methyl sites for hydroxylation is 1. The maximum Gasteiger partial charge on any atom is 0.247 e. The number of rotatable bonds is 6. The second-order valence-electron chi connectivity index (χ2n) is 7.98. The highest BCUT2D eigenvalue weighted by Gasteiger charge is 2.24. The lowest BCUT2D eigenvalue weighted by molar-refractivity contribution is -0.111. The summed E-state index contributed by atoms with van der Waals surface area (Å²) < 4.78 is 7.72. The number of carbonyl (C=O) groups excluding carboxylic acids is 1. The Bertz CT molecular complexity index is 1150. The van der Waals surface area contributed by atoms with Crippen LogP contribution in [0.1, 0.15) is 29.8 Å². The Balaban J connectivity index is 1.61. The Hall–Kier alpha value is -3.19. The lowest BCUT2D eigenvalue weighted by Crippen LogP contribution is -2.19. The molecule has 0 unspecified atom stereocenters. The van der Waals surface area contributed by atoms with Gasteiger partial charge in [-0.3, -0.25) is 9.36 Å². The normalized spacial score (nSPS) is 15.6. The van der Waals surface area contributed by atoms with Crippen molar-refractivity contribution in [3.8, 4) is 5.95 Å². The van der Waals surface area contributed by atoms with Crippen LogP contribution in [-0.2, 0) is 22.6 Å². The fourth-order valence-electron chi connectivity index (χ4n) is 3.95. The summed E-state index contributed by atoms with van der Waals surface area (Å²) in [5.41, 5.74) is 4.82. The van der Waals surface area contributed by atoms with E-state index >= 15 is 0 Å². The van der Waals surface area contributed by atoms with Crippen molar-refractivity contribution in [1.29, 1.82) is 0 Å². The number of fused-ring (bicyclic) bond motifs is 2. The maximum absolute atomic E-state index is 11.8. The van der Waals surface area contributed by atoms with E-state index in [-0.39, 0.29) is 5.91 Å². The molecule has 0 atom stereocenters. The molecule has 0 radical (unpaired) electrons. The molecule has 1 aliphatic heterocycles. The number of nitrogens with zero attached hydrogens (tertiary/aromatic N) is 3. The summed E-state index contributed by atoms with van der Waals surface area (Å²) in [6, 6.07) is 7.89. The van der Waals surface area contributed by atoms with Gasteiger partial charge in [0.1, 0.15) is 5.82 Å². The summed E-state index contributed by atoms with van der Waals surface area (Å²) in [6.45, 7) is 7.73. The highest BCUT2D eigenvalue weighted by atomic mass is 16.5. The molecule has 7 nitrogen and oxygen atoms in total. The molecule has 3 aromatic rings. The van der Waals surface area contributed by atoms with Crippen molar-refractivity contribution < 1.29 is 9.53 Å². The third-order valence-corrected chi connectivity index (χ3v) is 5.74. The van der Waals surface area contributed by atoms with Gasteiger partial charge < -0.3 is 15.4 Å². The quantitative estimate of drug-likeness (QED) is 0.613. The van der Waals surface area contributed by atoms with Gasteiger partial charge in [-0.25, -0.2) is 4.98 Å². The molecule has 0 bridgehead atoms. The van der Waals surface area contributed by atoms with Crippen LogP contribution in [0.15, 0.2) is 36.9 Å². The number of hydrogen-bond donors (Lipinski definition) is 2. The van der Waals surface area contributed by atoms with Crippen LogP contribution in [0.2, 0.25) is 0 Å². The van der Waals surface area contributed by atoms with Gasteiger partial charge in [0, 0.05) is 29.6 Å². The Labute approximate surface area is 175 Å². The molecule has 1 aliphatic carbocycles. The molecule has 1 fully saturated rings. The van der Waals surface area contributed by atoms with Gasteiger partial charge in [0.05, 0.1) is 30.1 Å². The summed E-state index contributed by atoms with van der Waals surface area (Å²) >= 11 is 0. The summed E-state index contributed by atoms with van der Waals surface area (Å²) in [4.78, 5) is 21.7. The predicted molar refractivity (Wildman–Crippen MR) is 117 cm³/mol. The van der Waals surface area contributed by atoms with E-state index in [0.717, 1.165) is 58.2 Å². The highest BCUT2D eigenvalue weighted by Crippen LogP contribution is 2.32. The van der Waals surface area contributed by atoms with E-state index in [0.29, 0.717) is 19.2 Å². The van der Waals surface area contributed by atoms with Gasteiger partial charge in [-0.15, -0.1) is 0 Å². The monoisotopic (exact) mass is 403 g/mol. The predicted octanol–water partition coefficient (Wildman–Crippen LogP) is 3.75. The lowest BCUT2D eigenvalue weighted by atomic mass is 10.1. The van der Waals surface area contributed by atoms with Gasteiger partial charge in [-0.1, -0.05) is 12.6 Å². The molecule has 0 saturated heterocycles. The molecule has 0 spiro atoms. The second kappa shape index (κ2) is 7.57. The van der Waals surface area contributed by atoms with Crippen LogP contribution < -0.4 is 10.6 Å². The van der Waals surface area contributed by atoms with E-state index in [1.807, 2.05) is 25.1 Å². The van der Waals surface area contributed by atoms with Crippen molar-refractivity contribution in [3.63, 3.8) is 0 Å². The number of carbonyl (C=O) groups is 1. The molecule has 2 aliphatic rings. The van der Waals surface area contributed by atoms with Crippen molar-refractivity contribution in [2.24, 2.45) is 5.92 Å². The molecule has 5 rings (SSSR count). The van der Waals surface area contributed by atoms with Crippen LogP contribution >= 0.6 is 0 Å². The zero-order valence-corrected chi connectivity index (χ0v) is 17.1. The van der Waals surface area contributed by atoms with Crippen molar-refractivity contribution in [3.05, 3.63) is 53.9 Å². The van der Waals surface area contributed by atoms with E-state index in [2.05, 4.69) is 27.8 Å². The first-order chi connectivity index (χ1) is 14.6. The largest absolute Gasteiger partial charge is 0.376 e. The molecule has 2 N–H and O–H groups in total. The molecule has 154 valence electrons. The molecule has 30 heavy (non-hydrogen) atoms. The van der Waals surface area contributed by atoms with Crippen LogP contribution in [0, 0.1) is 12.8 Å². The van der Waals surface area contributed by atoms with Crippen LogP contribution in [0.25, 0.3) is 16.9 Å². The number of benzene rings is 1. The van der Waals surface area contributed by atoms with Gasteiger partial charge in [-0.2, -0.15) is 4.98 Å². The van der Waals surface area contributed by atoms with Crippen LogP contribution in [0.3, 0.4) is 0 Å². The van der Waals surface area contributed by atoms with Crippen LogP contribution in [-0.4, -0.2) is 33.6 Å². The summed E-state index contributed by atoms with van der Waals surface area (Å²) in [7, 11) is 0. The molecule has 1 aromatic carbocycles. The smallest absolute Gasteiger partial charge is 0.247 e. The minimum absolute atomic E-state index is 0.232. The maximum atomic E-state index is 11.8. The van der Waals surface area contributed by atoms with E-state index in [9.17, 15) is 4.79 Å². The van der Waals surface area contributed by atoms with Gasteiger partial charge in [0.15, 0.2) is 0 Å². The number of amides is 1. The van der Waals surface area contributed by atoms with Gasteiger partial charge in [0.2, 0.25) is 11.9 Å². The summed E-state index contributed by atoms with van der Waals surface area (Å²) in [6.07, 6.45) is 4.62. The van der Waals surface area contributed by atoms with Crippen molar-refractivity contribution in [2.75, 3.05) is 23.8 Å².